The standard InChI is InChI=1S/C16H19N3O2/c1-3-8-18-16(21)14(12-17)11-13-4-6-15(7-5-13)19(2)9-10-20/h3-7,11,20H,1,8-10H2,2H3,(H,18,21)/b14-11+. The fourth-order valence-electron chi connectivity index (χ4n) is 1.68. The van der Waals surface area contributed by atoms with Crippen LogP contribution in [0.25, 0.3) is 6.08 Å². The minimum Gasteiger partial charge on any atom is -0.395 e. The van der Waals surface area contributed by atoms with E-state index in [1.54, 1.807) is 6.08 Å². The Labute approximate surface area is 124 Å². The van der Waals surface area contributed by atoms with Crippen LogP contribution in [0.2, 0.25) is 0 Å². The first kappa shape index (κ1) is 16.5. The van der Waals surface area contributed by atoms with Crippen LogP contribution in [0.5, 0.6) is 0 Å². The number of hydrogen-bond donors (Lipinski definition) is 2. The number of rotatable bonds is 7. The van der Waals surface area contributed by atoms with Crippen LogP contribution >= 0.6 is 0 Å². The van der Waals surface area contributed by atoms with Gasteiger partial charge >= 0.3 is 0 Å². The van der Waals surface area contributed by atoms with Crippen LogP contribution in [-0.2, 0) is 4.79 Å². The summed E-state index contributed by atoms with van der Waals surface area (Å²) in [4.78, 5) is 13.6. The Bertz CT molecular complexity index is 556. The van der Waals surface area contributed by atoms with Crippen molar-refractivity contribution < 1.29 is 9.90 Å². The second-order valence-corrected chi connectivity index (χ2v) is 4.41. The Hall–Kier alpha value is -2.58. The zero-order valence-corrected chi connectivity index (χ0v) is 12.0. The number of aliphatic hydroxyl groups is 1. The summed E-state index contributed by atoms with van der Waals surface area (Å²) in [7, 11) is 1.88. The summed E-state index contributed by atoms with van der Waals surface area (Å²) in [5, 5.41) is 20.5. The lowest BCUT2D eigenvalue weighted by Gasteiger charge is -2.17. The summed E-state index contributed by atoms with van der Waals surface area (Å²) >= 11 is 0. The molecule has 0 bridgehead atoms. The quantitative estimate of drug-likeness (QED) is 0.450. The van der Waals surface area contributed by atoms with Crippen molar-refractivity contribution in [2.24, 2.45) is 0 Å². The summed E-state index contributed by atoms with van der Waals surface area (Å²) in [5.74, 6) is -0.418. The summed E-state index contributed by atoms with van der Waals surface area (Å²) in [5.41, 5.74) is 1.77. The number of nitrogens with zero attached hydrogens (tertiary/aromatic N) is 2. The number of likely N-dealkylation sites (N-methyl/N-ethyl adjacent to an activating group) is 1. The molecule has 110 valence electrons. The molecule has 5 heteroatoms. The van der Waals surface area contributed by atoms with Gasteiger partial charge in [-0.3, -0.25) is 4.79 Å². The highest BCUT2D eigenvalue weighted by molar-refractivity contribution is 6.01. The second kappa shape index (κ2) is 8.56. The van der Waals surface area contributed by atoms with Gasteiger partial charge in [0.05, 0.1) is 6.61 Å². The largest absolute Gasteiger partial charge is 0.395 e. The lowest BCUT2D eigenvalue weighted by molar-refractivity contribution is -0.116. The molecule has 21 heavy (non-hydrogen) atoms. The number of benzene rings is 1. The SMILES string of the molecule is C=CCNC(=O)/C(C#N)=C/c1ccc(N(C)CCO)cc1. The zero-order chi connectivity index (χ0) is 15.7. The zero-order valence-electron chi connectivity index (χ0n) is 12.0. The molecular weight excluding hydrogens is 266 g/mol. The van der Waals surface area contributed by atoms with Crippen LogP contribution in [0.1, 0.15) is 5.56 Å². The van der Waals surface area contributed by atoms with Crippen molar-refractivity contribution >= 4 is 17.7 Å². The van der Waals surface area contributed by atoms with E-state index in [1.807, 2.05) is 42.3 Å². The molecule has 1 amide bonds. The van der Waals surface area contributed by atoms with Crippen LogP contribution < -0.4 is 10.2 Å². The first-order chi connectivity index (χ1) is 10.1. The number of nitriles is 1. The molecule has 1 aromatic carbocycles. The van der Waals surface area contributed by atoms with Crippen LogP contribution in [-0.4, -0.2) is 37.8 Å². The lowest BCUT2D eigenvalue weighted by Crippen LogP contribution is -2.24. The highest BCUT2D eigenvalue weighted by Crippen LogP contribution is 2.15. The third-order valence-corrected chi connectivity index (χ3v) is 2.85. The fourth-order valence-corrected chi connectivity index (χ4v) is 1.68. The number of carbonyl (C=O) groups excluding carboxylic acids is 1. The van der Waals surface area contributed by atoms with Crippen molar-refractivity contribution in [3.63, 3.8) is 0 Å². The number of aliphatic hydroxyl groups excluding tert-OH is 1. The molecule has 0 spiro atoms. The van der Waals surface area contributed by atoms with Crippen molar-refractivity contribution in [1.82, 2.24) is 5.32 Å². The summed E-state index contributed by atoms with van der Waals surface area (Å²) in [6, 6.07) is 9.28. The molecule has 2 N–H and O–H groups in total. The molecule has 0 unspecified atom stereocenters. The van der Waals surface area contributed by atoms with Crippen LogP contribution in [0.3, 0.4) is 0 Å². The van der Waals surface area contributed by atoms with Gasteiger partial charge in [-0.2, -0.15) is 5.26 Å². The number of carbonyl (C=O) groups is 1. The van der Waals surface area contributed by atoms with E-state index < -0.39 is 5.91 Å². The molecule has 0 fully saturated rings. The van der Waals surface area contributed by atoms with Crippen molar-refractivity contribution in [1.29, 1.82) is 5.26 Å². The minimum atomic E-state index is -0.418. The van der Waals surface area contributed by atoms with E-state index >= 15 is 0 Å². The van der Waals surface area contributed by atoms with Gasteiger partial charge in [-0.1, -0.05) is 18.2 Å². The third kappa shape index (κ3) is 5.13. The average Bonchev–Trinajstić information content (AvgIpc) is 2.51. The Morgan fingerprint density at radius 2 is 2.14 bits per heavy atom. The summed E-state index contributed by atoms with van der Waals surface area (Å²) < 4.78 is 0. The Morgan fingerprint density at radius 3 is 2.67 bits per heavy atom. The number of nitrogens with one attached hydrogen (secondary N) is 1. The molecule has 0 heterocycles. The number of amides is 1. The fraction of sp³-hybridized carbons (Fsp3) is 0.250. The second-order valence-electron chi connectivity index (χ2n) is 4.41. The molecule has 0 atom stereocenters. The molecule has 1 rings (SSSR count). The van der Waals surface area contributed by atoms with Gasteiger partial charge in [0, 0.05) is 25.8 Å². The maximum absolute atomic E-state index is 11.7. The maximum Gasteiger partial charge on any atom is 0.262 e. The molecule has 0 radical (unpaired) electrons. The van der Waals surface area contributed by atoms with Gasteiger partial charge in [0.15, 0.2) is 0 Å². The molecule has 0 aliphatic heterocycles. The molecule has 0 saturated heterocycles. The Kier molecular flexibility index (Phi) is 6.72. The Morgan fingerprint density at radius 1 is 1.48 bits per heavy atom. The van der Waals surface area contributed by atoms with Gasteiger partial charge in [-0.05, 0) is 23.8 Å². The molecule has 0 aliphatic rings. The minimum absolute atomic E-state index is 0.0494. The first-order valence-electron chi connectivity index (χ1n) is 6.55. The predicted octanol–water partition coefficient (Wildman–Crippen LogP) is 1.32. The number of anilines is 1. The van der Waals surface area contributed by atoms with Crippen molar-refractivity contribution in [3.05, 3.63) is 48.1 Å². The van der Waals surface area contributed by atoms with Crippen LogP contribution in [0, 0.1) is 11.3 Å². The first-order valence-corrected chi connectivity index (χ1v) is 6.55. The molecule has 0 aromatic heterocycles. The number of hydrogen-bond acceptors (Lipinski definition) is 4. The van der Waals surface area contributed by atoms with Crippen LogP contribution in [0.4, 0.5) is 5.69 Å². The molecule has 5 nitrogen and oxygen atoms in total. The normalized spacial score (nSPS) is 10.6. The third-order valence-electron chi connectivity index (χ3n) is 2.85. The van der Waals surface area contributed by atoms with Crippen molar-refractivity contribution in [3.8, 4) is 6.07 Å². The lowest BCUT2D eigenvalue weighted by atomic mass is 10.1. The molecular formula is C16H19N3O2. The highest BCUT2D eigenvalue weighted by Gasteiger charge is 2.07. The van der Waals surface area contributed by atoms with Gasteiger partial charge in [0.2, 0.25) is 0 Å². The monoisotopic (exact) mass is 285 g/mol. The van der Waals surface area contributed by atoms with Gasteiger partial charge in [0.1, 0.15) is 11.6 Å². The Balaban J connectivity index is 2.85. The maximum atomic E-state index is 11.7. The van der Waals surface area contributed by atoms with Gasteiger partial charge in [-0.15, -0.1) is 6.58 Å². The topological polar surface area (TPSA) is 76.4 Å². The average molecular weight is 285 g/mol. The van der Waals surface area contributed by atoms with Crippen LogP contribution in [0.15, 0.2) is 42.5 Å². The van der Waals surface area contributed by atoms with E-state index in [0.717, 1.165) is 11.3 Å². The van der Waals surface area contributed by atoms with Gasteiger partial charge < -0.3 is 15.3 Å². The van der Waals surface area contributed by atoms with E-state index in [0.29, 0.717) is 13.1 Å². The van der Waals surface area contributed by atoms with E-state index in [4.69, 9.17) is 10.4 Å². The van der Waals surface area contributed by atoms with E-state index in [1.165, 1.54) is 6.08 Å². The van der Waals surface area contributed by atoms with E-state index in [9.17, 15) is 4.79 Å². The summed E-state index contributed by atoms with van der Waals surface area (Å²) in [6.45, 7) is 4.45. The van der Waals surface area contributed by atoms with Crippen molar-refractivity contribution in [2.45, 2.75) is 0 Å². The molecule has 0 aliphatic carbocycles. The van der Waals surface area contributed by atoms with Gasteiger partial charge in [0.25, 0.3) is 5.91 Å². The van der Waals surface area contributed by atoms with E-state index in [-0.39, 0.29) is 12.2 Å². The van der Waals surface area contributed by atoms with E-state index in [2.05, 4.69) is 11.9 Å². The molecule has 0 saturated carbocycles. The van der Waals surface area contributed by atoms with Gasteiger partial charge in [-0.25, -0.2) is 0 Å². The highest BCUT2D eigenvalue weighted by atomic mass is 16.3. The smallest absolute Gasteiger partial charge is 0.262 e. The predicted molar refractivity (Wildman–Crippen MR) is 83.6 cm³/mol. The van der Waals surface area contributed by atoms with Crippen molar-refractivity contribution in [2.75, 3.05) is 31.6 Å². The summed E-state index contributed by atoms with van der Waals surface area (Å²) in [6.07, 6.45) is 3.09. The molecule has 1 aromatic rings.